The fourth-order valence-electron chi connectivity index (χ4n) is 9.44. The van der Waals surface area contributed by atoms with Gasteiger partial charge >= 0.3 is 0 Å². The first kappa shape index (κ1) is 50.6. The highest BCUT2D eigenvalue weighted by molar-refractivity contribution is 7.13. The molecular weight excluding hydrogens is 943 g/mol. The molecular formula is C55H61N11O6S. The van der Waals surface area contributed by atoms with E-state index < -0.39 is 53.8 Å². The van der Waals surface area contributed by atoms with Gasteiger partial charge in [-0.15, -0.1) is 11.3 Å². The lowest BCUT2D eigenvalue weighted by molar-refractivity contribution is -0.145. The van der Waals surface area contributed by atoms with Gasteiger partial charge in [0.15, 0.2) is 11.5 Å². The van der Waals surface area contributed by atoms with Crippen molar-refractivity contribution in [2.75, 3.05) is 32.0 Å². The zero-order chi connectivity index (χ0) is 51.4. The van der Waals surface area contributed by atoms with Gasteiger partial charge in [-0.25, -0.2) is 19.9 Å². The van der Waals surface area contributed by atoms with E-state index in [9.17, 15) is 24.3 Å². The van der Waals surface area contributed by atoms with E-state index in [1.807, 2.05) is 96.4 Å². The standard InChI is InChI=1S/C55H61N11O6S/c1-33-47(73-32-61-33)36-13-11-35(12-14-36)28-60-52(70)44-27-40(67)29-65(44)53(71)48(54(2,3)4)64-46(69)31-72-30-45(68)58-25-21-34-8-5-9-37(26-34)42-19-20-43-51(62-42)66(50(63-43)41-10-6-24-59-49(41)56)39-17-15-38(16-18-39)55(57)22-7-23-55/h5-6,8-20,24,26,32,40,44,48,67H,7,21-23,25,27-31,57H2,1-4H3,(H2,56,59)(H,58,68)(H,60,70)(H,64,69)/t40-,44+,48-/m1/s1. The minimum atomic E-state index is -1.05. The summed E-state index contributed by atoms with van der Waals surface area (Å²) in [6.07, 6.45) is 4.35. The second-order valence-electron chi connectivity index (χ2n) is 20.0. The zero-order valence-electron chi connectivity index (χ0n) is 41.4. The number of nitrogens with two attached hydrogens (primary N) is 2. The number of nitrogen functional groups attached to an aromatic ring is 1. The lowest BCUT2D eigenvalue weighted by Crippen LogP contribution is -2.58. The van der Waals surface area contributed by atoms with Gasteiger partial charge in [-0.1, -0.05) is 75.4 Å². The van der Waals surface area contributed by atoms with Crippen LogP contribution in [0, 0.1) is 12.3 Å². The number of anilines is 1. The van der Waals surface area contributed by atoms with Crippen molar-refractivity contribution in [1.29, 1.82) is 0 Å². The lowest BCUT2D eigenvalue weighted by atomic mass is 9.73. The van der Waals surface area contributed by atoms with Crippen molar-refractivity contribution < 1.29 is 29.0 Å². The van der Waals surface area contributed by atoms with E-state index in [0.29, 0.717) is 41.3 Å². The molecule has 0 bridgehead atoms. The number of carbonyl (C=O) groups is 4. The Labute approximate surface area is 427 Å². The third kappa shape index (κ3) is 11.3. The molecule has 17 nitrogen and oxygen atoms in total. The molecule has 1 aliphatic carbocycles. The summed E-state index contributed by atoms with van der Waals surface area (Å²) in [5, 5.41) is 19.2. The van der Waals surface area contributed by atoms with Crippen LogP contribution in [0.4, 0.5) is 5.82 Å². The van der Waals surface area contributed by atoms with Crippen molar-refractivity contribution in [1.82, 2.24) is 45.4 Å². The Balaban J connectivity index is 0.776. The van der Waals surface area contributed by atoms with Crippen LogP contribution in [0.2, 0.25) is 0 Å². The summed E-state index contributed by atoms with van der Waals surface area (Å²) in [6, 6.07) is 29.6. The predicted octanol–water partition coefficient (Wildman–Crippen LogP) is 5.99. The smallest absolute Gasteiger partial charge is 0.246 e. The Bertz CT molecular complexity index is 3140. The number of thiazole rings is 1. The molecule has 2 fully saturated rings. The number of nitrogens with zero attached hydrogens (tertiary/aromatic N) is 6. The molecule has 1 saturated carbocycles. The molecule has 3 aromatic carbocycles. The number of benzene rings is 3. The minimum absolute atomic E-state index is 0.0568. The quantitative estimate of drug-likeness (QED) is 0.0617. The molecule has 2 aliphatic rings. The van der Waals surface area contributed by atoms with Crippen LogP contribution < -0.4 is 27.4 Å². The normalized spacial score (nSPS) is 16.7. The van der Waals surface area contributed by atoms with Gasteiger partial charge in [-0.3, -0.25) is 23.7 Å². The molecule has 8 N–H and O–H groups in total. The van der Waals surface area contributed by atoms with Gasteiger partial charge < -0.3 is 42.2 Å². The van der Waals surface area contributed by atoms with Crippen LogP contribution in [-0.2, 0) is 42.4 Å². The molecule has 73 heavy (non-hydrogen) atoms. The first-order valence-electron chi connectivity index (χ1n) is 24.5. The second-order valence-corrected chi connectivity index (χ2v) is 20.9. The fraction of sp³-hybridized carbons (Fsp3) is 0.345. The van der Waals surface area contributed by atoms with E-state index >= 15 is 0 Å². The highest BCUT2D eigenvalue weighted by Crippen LogP contribution is 2.40. The van der Waals surface area contributed by atoms with E-state index in [1.54, 1.807) is 43.8 Å². The highest BCUT2D eigenvalue weighted by atomic mass is 32.1. The number of aromatic nitrogens is 5. The van der Waals surface area contributed by atoms with E-state index in [2.05, 4.69) is 38.1 Å². The number of hydrogen-bond donors (Lipinski definition) is 6. The summed E-state index contributed by atoms with van der Waals surface area (Å²) in [5.74, 6) is -0.934. The van der Waals surface area contributed by atoms with Crippen molar-refractivity contribution in [2.45, 2.75) is 90.1 Å². The van der Waals surface area contributed by atoms with Crippen molar-refractivity contribution >= 4 is 51.9 Å². The van der Waals surface area contributed by atoms with Crippen molar-refractivity contribution in [3.05, 3.63) is 131 Å². The number of pyridine rings is 2. The monoisotopic (exact) mass is 1000 g/mol. The van der Waals surface area contributed by atoms with Crippen LogP contribution in [-0.4, -0.2) is 103 Å². The number of β-amino-alcohol motifs (C(OH)–C–C–N with tert-alkyl or cyclic N) is 1. The molecule has 5 heterocycles. The van der Waals surface area contributed by atoms with Crippen molar-refractivity contribution in [3.8, 4) is 38.8 Å². The Kier molecular flexibility index (Phi) is 14.8. The number of aryl methyl sites for hydroxylation is 1. The molecule has 1 aliphatic heterocycles. The van der Waals surface area contributed by atoms with Gasteiger partial charge in [-0.2, -0.15) is 0 Å². The topological polar surface area (TPSA) is 246 Å². The van der Waals surface area contributed by atoms with Crippen LogP contribution in [0.25, 0.3) is 49.9 Å². The van der Waals surface area contributed by atoms with Gasteiger partial charge in [0.1, 0.15) is 36.6 Å². The SMILES string of the molecule is Cc1ncsc1-c1ccc(CNC(=O)[C@@H]2C[C@@H](O)CN2C(=O)[C@@H](NC(=O)COCC(=O)NCCc2cccc(-c3ccc4nc(-c5cccnc5N)n(-c5ccc(C6(N)CCC6)cc5)c4n3)c2)C(C)(C)C)cc1. The number of hydrogen-bond acceptors (Lipinski definition) is 13. The molecule has 0 spiro atoms. The Hall–Kier alpha value is -7.38. The molecule has 378 valence electrons. The highest BCUT2D eigenvalue weighted by Gasteiger charge is 2.44. The second kappa shape index (κ2) is 21.4. The van der Waals surface area contributed by atoms with Crippen molar-refractivity contribution in [3.63, 3.8) is 0 Å². The average Bonchev–Trinajstić information content (AvgIpc) is 4.10. The number of carbonyl (C=O) groups excluding carboxylic acids is 4. The number of aliphatic hydroxyl groups excluding tert-OH is 1. The number of nitrogens with one attached hydrogen (secondary N) is 3. The molecule has 4 amide bonds. The van der Waals surface area contributed by atoms with Crippen LogP contribution >= 0.6 is 11.3 Å². The third-order valence-corrected chi connectivity index (χ3v) is 14.6. The molecule has 9 rings (SSSR count). The molecule has 4 aromatic heterocycles. The summed E-state index contributed by atoms with van der Waals surface area (Å²) in [7, 11) is 0. The number of ether oxygens (including phenoxy) is 1. The number of fused-ring (bicyclic) bond motifs is 1. The number of imidazole rings is 1. The first-order valence-corrected chi connectivity index (χ1v) is 25.4. The lowest BCUT2D eigenvalue weighted by Gasteiger charge is -2.38. The maximum Gasteiger partial charge on any atom is 0.246 e. The number of rotatable bonds is 17. The average molecular weight is 1000 g/mol. The van der Waals surface area contributed by atoms with Gasteiger partial charge in [0.2, 0.25) is 23.6 Å². The summed E-state index contributed by atoms with van der Waals surface area (Å²) < 4.78 is 7.49. The van der Waals surface area contributed by atoms with E-state index in [0.717, 1.165) is 69.0 Å². The molecule has 0 radical (unpaired) electrons. The summed E-state index contributed by atoms with van der Waals surface area (Å²) in [6.45, 7) is 6.99. The Morgan fingerprint density at radius 1 is 0.890 bits per heavy atom. The minimum Gasteiger partial charge on any atom is -0.391 e. The molecule has 0 unspecified atom stereocenters. The summed E-state index contributed by atoms with van der Waals surface area (Å²) in [4.78, 5) is 74.8. The number of likely N-dealkylation sites (tertiary alicyclic amines) is 1. The molecule has 18 heteroatoms. The van der Waals surface area contributed by atoms with Crippen LogP contribution in [0.1, 0.15) is 68.8 Å². The predicted molar refractivity (Wildman–Crippen MR) is 281 cm³/mol. The maximum atomic E-state index is 14.1. The first-order chi connectivity index (χ1) is 35.0. The molecule has 1 saturated heterocycles. The maximum absolute atomic E-state index is 14.1. The zero-order valence-corrected chi connectivity index (χ0v) is 42.2. The van der Waals surface area contributed by atoms with Crippen LogP contribution in [0.3, 0.4) is 0 Å². The Morgan fingerprint density at radius 3 is 2.36 bits per heavy atom. The number of amides is 4. The van der Waals surface area contributed by atoms with Crippen molar-refractivity contribution in [2.24, 2.45) is 11.1 Å². The number of aliphatic hydroxyl groups is 1. The van der Waals surface area contributed by atoms with Crippen LogP contribution in [0.5, 0.6) is 0 Å². The Morgan fingerprint density at radius 2 is 1.66 bits per heavy atom. The van der Waals surface area contributed by atoms with Crippen LogP contribution in [0.15, 0.2) is 109 Å². The molecule has 7 aromatic rings. The van der Waals surface area contributed by atoms with Gasteiger partial charge in [0.25, 0.3) is 0 Å². The molecule has 3 atom stereocenters. The summed E-state index contributed by atoms with van der Waals surface area (Å²) in [5.41, 5.74) is 23.2. The van der Waals surface area contributed by atoms with Gasteiger partial charge in [0.05, 0.1) is 33.4 Å². The van der Waals surface area contributed by atoms with E-state index in [4.69, 9.17) is 26.2 Å². The largest absolute Gasteiger partial charge is 0.391 e. The van der Waals surface area contributed by atoms with Gasteiger partial charge in [-0.05, 0) is 103 Å². The van der Waals surface area contributed by atoms with Gasteiger partial charge in [0, 0.05) is 49.0 Å². The van der Waals surface area contributed by atoms with E-state index in [-0.39, 0.29) is 31.7 Å². The summed E-state index contributed by atoms with van der Waals surface area (Å²) >= 11 is 1.56. The van der Waals surface area contributed by atoms with E-state index in [1.165, 1.54) is 4.90 Å². The fourth-order valence-corrected chi connectivity index (χ4v) is 10.3. The third-order valence-electron chi connectivity index (χ3n) is 13.7.